The van der Waals surface area contributed by atoms with Crippen molar-refractivity contribution in [3.8, 4) is 0 Å². The van der Waals surface area contributed by atoms with Crippen LogP contribution in [0.4, 0.5) is 0 Å². The Hall–Kier alpha value is -1.16. The van der Waals surface area contributed by atoms with E-state index < -0.39 is 17.8 Å². The van der Waals surface area contributed by atoms with Crippen LogP contribution in [0, 0.1) is 23.2 Å². The topological polar surface area (TPSA) is 60.7 Å². The molecule has 0 aromatic rings. The number of aliphatic hydroxyl groups excluding tert-OH is 2. The third-order valence-electron chi connectivity index (χ3n) is 8.94. The molecule has 0 heterocycles. The van der Waals surface area contributed by atoms with Gasteiger partial charge in [0.25, 0.3) is 0 Å². The van der Waals surface area contributed by atoms with Gasteiger partial charge < -0.3 is 15.3 Å². The number of rotatable bonds is 7. The van der Waals surface area contributed by atoms with Crippen molar-refractivity contribution in [1.29, 1.82) is 0 Å². The molecule has 0 spiro atoms. The van der Waals surface area contributed by atoms with Crippen LogP contribution in [-0.2, 0) is 0 Å². The highest BCUT2D eigenvalue weighted by molar-refractivity contribution is 5.35. The minimum Gasteiger partial charge on any atom is -0.393 e. The van der Waals surface area contributed by atoms with Crippen molar-refractivity contribution in [3.05, 3.63) is 47.1 Å². The van der Waals surface area contributed by atoms with Gasteiger partial charge in [0.15, 0.2) is 0 Å². The maximum absolute atomic E-state index is 10.6. The predicted molar refractivity (Wildman–Crippen MR) is 133 cm³/mol. The van der Waals surface area contributed by atoms with Gasteiger partial charge in [0.1, 0.15) is 0 Å². The highest BCUT2D eigenvalue weighted by Crippen LogP contribution is 2.57. The third-order valence-corrected chi connectivity index (χ3v) is 8.94. The van der Waals surface area contributed by atoms with Crippen LogP contribution in [0.3, 0.4) is 0 Å². The summed E-state index contributed by atoms with van der Waals surface area (Å²) in [5.74, 6) is 1.17. The highest BCUT2D eigenvalue weighted by Gasteiger charge is 2.45. The molecule has 0 bridgehead atoms. The first-order valence-corrected chi connectivity index (χ1v) is 13.0. The lowest BCUT2D eigenvalue weighted by Gasteiger charge is -2.42. The first kappa shape index (κ1) is 25.5. The van der Waals surface area contributed by atoms with Gasteiger partial charge in [-0.2, -0.15) is 0 Å². The summed E-state index contributed by atoms with van der Waals surface area (Å²) in [5.41, 5.74) is 3.87. The minimum absolute atomic E-state index is 0.124. The molecule has 6 atom stereocenters. The van der Waals surface area contributed by atoms with Gasteiger partial charge in [0, 0.05) is 12.3 Å². The predicted octanol–water partition coefficient (Wildman–Crippen LogP) is 6.26. The molecule has 0 saturated heterocycles. The van der Waals surface area contributed by atoms with Crippen molar-refractivity contribution in [1.82, 2.24) is 0 Å². The van der Waals surface area contributed by atoms with Crippen molar-refractivity contribution in [3.63, 3.8) is 0 Å². The standard InChI is InChI=1S/C29H46O3/c1-6-29(32,7-2)17-8-10-20(3)25-14-15-26-22(11-9-16-28(25,26)5)12-13-23-18-24(30)19-27(31)21(23)4/h8,12-14,17,20-21,24,26-27,30-32H,6-7,9-11,15-16,18-19H2,1-5H3/b17-8+,22-12+,23-13-/t20?,21?,24?,26?,27-,28+/m0/s1. The second kappa shape index (κ2) is 10.4. The summed E-state index contributed by atoms with van der Waals surface area (Å²) in [7, 11) is 0. The number of allylic oxidation sites excluding steroid dienone is 6. The van der Waals surface area contributed by atoms with Crippen molar-refractivity contribution >= 4 is 0 Å². The van der Waals surface area contributed by atoms with Gasteiger partial charge in [-0.25, -0.2) is 0 Å². The Morgan fingerprint density at radius 1 is 1.19 bits per heavy atom. The van der Waals surface area contributed by atoms with Crippen LogP contribution in [-0.4, -0.2) is 33.1 Å². The fraction of sp³-hybridized carbons (Fsp3) is 0.724. The summed E-state index contributed by atoms with van der Waals surface area (Å²) in [6, 6.07) is 0. The summed E-state index contributed by atoms with van der Waals surface area (Å²) >= 11 is 0. The normalized spacial score (nSPS) is 37.2. The van der Waals surface area contributed by atoms with E-state index in [4.69, 9.17) is 0 Å². The molecule has 32 heavy (non-hydrogen) atoms. The van der Waals surface area contributed by atoms with E-state index in [-0.39, 0.29) is 11.3 Å². The first-order chi connectivity index (χ1) is 15.1. The molecule has 3 aliphatic rings. The molecule has 4 unspecified atom stereocenters. The summed E-state index contributed by atoms with van der Waals surface area (Å²) in [6.45, 7) is 11.0. The van der Waals surface area contributed by atoms with Gasteiger partial charge in [-0.1, -0.05) is 81.7 Å². The van der Waals surface area contributed by atoms with E-state index in [0.717, 1.165) is 32.1 Å². The molecule has 0 aliphatic heterocycles. The lowest BCUT2D eigenvalue weighted by atomic mass is 9.62. The van der Waals surface area contributed by atoms with Gasteiger partial charge >= 0.3 is 0 Å². The van der Waals surface area contributed by atoms with E-state index in [1.807, 2.05) is 19.9 Å². The molecule has 3 N–H and O–H groups in total. The molecule has 2 saturated carbocycles. The molecule has 3 aliphatic carbocycles. The maximum Gasteiger partial charge on any atom is 0.0822 e. The van der Waals surface area contributed by atoms with E-state index in [9.17, 15) is 15.3 Å². The zero-order valence-electron chi connectivity index (χ0n) is 21.0. The molecular weight excluding hydrogens is 396 g/mol. The van der Waals surface area contributed by atoms with Gasteiger partial charge in [-0.3, -0.25) is 0 Å². The highest BCUT2D eigenvalue weighted by atomic mass is 16.3. The molecule has 0 amide bonds. The van der Waals surface area contributed by atoms with Crippen molar-refractivity contribution in [2.75, 3.05) is 0 Å². The van der Waals surface area contributed by atoms with E-state index in [2.05, 4.69) is 45.1 Å². The zero-order chi connectivity index (χ0) is 23.5. The molecule has 180 valence electrons. The van der Waals surface area contributed by atoms with Crippen LogP contribution in [0.25, 0.3) is 0 Å². The van der Waals surface area contributed by atoms with Gasteiger partial charge in [0.2, 0.25) is 0 Å². The summed E-state index contributed by atoms with van der Waals surface area (Å²) in [4.78, 5) is 0. The van der Waals surface area contributed by atoms with E-state index in [1.165, 1.54) is 24.0 Å². The van der Waals surface area contributed by atoms with Crippen molar-refractivity contribution < 1.29 is 15.3 Å². The first-order valence-electron chi connectivity index (χ1n) is 13.0. The molecule has 0 aromatic heterocycles. The van der Waals surface area contributed by atoms with Gasteiger partial charge in [-0.15, -0.1) is 0 Å². The van der Waals surface area contributed by atoms with E-state index >= 15 is 0 Å². The van der Waals surface area contributed by atoms with Crippen LogP contribution >= 0.6 is 0 Å². The molecule has 3 rings (SSSR count). The second-order valence-electron chi connectivity index (χ2n) is 11.0. The number of hydrogen-bond acceptors (Lipinski definition) is 3. The fourth-order valence-electron chi connectivity index (χ4n) is 6.43. The SMILES string of the molecule is CCC(O)(/C=C/CC(C)C1=CCC2/C(=C/C=C3/CC(O)C[C@H](O)C3C)CCC[C@]12C)CC. The lowest BCUT2D eigenvalue weighted by molar-refractivity contribution is 0.0333. The Labute approximate surface area is 196 Å². The molecule has 0 aromatic carbocycles. The van der Waals surface area contributed by atoms with E-state index in [0.29, 0.717) is 24.7 Å². The van der Waals surface area contributed by atoms with Crippen LogP contribution in [0.5, 0.6) is 0 Å². The lowest BCUT2D eigenvalue weighted by Crippen LogP contribution is -2.33. The summed E-state index contributed by atoms with van der Waals surface area (Å²) in [6.07, 6.45) is 18.8. The van der Waals surface area contributed by atoms with Crippen molar-refractivity contribution in [2.45, 2.75) is 110 Å². The van der Waals surface area contributed by atoms with Gasteiger partial charge in [0.05, 0.1) is 17.8 Å². The van der Waals surface area contributed by atoms with Gasteiger partial charge in [-0.05, 0) is 68.6 Å². The Morgan fingerprint density at radius 3 is 2.56 bits per heavy atom. The number of aliphatic hydroxyl groups is 3. The van der Waals surface area contributed by atoms with E-state index in [1.54, 1.807) is 5.57 Å². The number of hydrogen-bond donors (Lipinski definition) is 3. The monoisotopic (exact) mass is 442 g/mol. The van der Waals surface area contributed by atoms with Crippen LogP contribution in [0.1, 0.15) is 92.4 Å². The Balaban J connectivity index is 1.72. The average Bonchev–Trinajstić information content (AvgIpc) is 3.12. The molecular formula is C29H46O3. The molecule has 3 nitrogen and oxygen atoms in total. The third kappa shape index (κ3) is 5.32. The molecule has 0 radical (unpaired) electrons. The molecule has 2 fully saturated rings. The Bertz CT molecular complexity index is 769. The quantitative estimate of drug-likeness (QED) is 0.408. The number of fused-ring (bicyclic) bond motifs is 1. The smallest absolute Gasteiger partial charge is 0.0822 e. The maximum atomic E-state index is 10.6. The summed E-state index contributed by atoms with van der Waals surface area (Å²) < 4.78 is 0. The average molecular weight is 443 g/mol. The largest absolute Gasteiger partial charge is 0.393 e. The van der Waals surface area contributed by atoms with Crippen molar-refractivity contribution in [2.24, 2.45) is 23.2 Å². The fourth-order valence-corrected chi connectivity index (χ4v) is 6.43. The zero-order valence-corrected chi connectivity index (χ0v) is 21.0. The Morgan fingerprint density at radius 2 is 1.88 bits per heavy atom. The van der Waals surface area contributed by atoms with Crippen LogP contribution in [0.15, 0.2) is 47.1 Å². The Kier molecular flexibility index (Phi) is 8.28. The second-order valence-corrected chi connectivity index (χ2v) is 11.0. The molecule has 3 heteroatoms. The minimum atomic E-state index is -0.665. The van der Waals surface area contributed by atoms with Crippen LogP contribution in [0.2, 0.25) is 0 Å². The van der Waals surface area contributed by atoms with Crippen LogP contribution < -0.4 is 0 Å². The summed E-state index contributed by atoms with van der Waals surface area (Å²) in [5, 5.41) is 30.9.